The van der Waals surface area contributed by atoms with Gasteiger partial charge in [0.05, 0.1) is 5.92 Å². The summed E-state index contributed by atoms with van der Waals surface area (Å²) in [7, 11) is 0. The van der Waals surface area contributed by atoms with Crippen LogP contribution in [0.15, 0.2) is 54.6 Å². The number of hydrogen-bond donors (Lipinski definition) is 1. The van der Waals surface area contributed by atoms with Crippen LogP contribution in [0.4, 0.5) is 0 Å². The number of carbonyl (C=O) groups is 2. The molecular formula is C16H14O3. The summed E-state index contributed by atoms with van der Waals surface area (Å²) in [6.45, 7) is -2.68. The second kappa shape index (κ2) is 5.48. The van der Waals surface area contributed by atoms with Crippen molar-refractivity contribution in [3.63, 3.8) is 0 Å². The minimum atomic E-state index is -2.68. The van der Waals surface area contributed by atoms with Crippen LogP contribution in [0.2, 0.25) is 0 Å². The minimum absolute atomic E-state index is 0.0919. The maximum Gasteiger partial charge on any atom is 0.310 e. The lowest BCUT2D eigenvalue weighted by atomic mass is 9.98. The van der Waals surface area contributed by atoms with E-state index in [-0.39, 0.29) is 16.9 Å². The Labute approximate surface area is 115 Å². The monoisotopic (exact) mass is 258 g/mol. The Morgan fingerprint density at radius 2 is 1.74 bits per heavy atom. The molecule has 0 saturated carbocycles. The molecule has 1 unspecified atom stereocenters. The van der Waals surface area contributed by atoms with Gasteiger partial charge in [-0.2, -0.15) is 0 Å². The lowest BCUT2D eigenvalue weighted by Crippen LogP contribution is -2.09. The van der Waals surface area contributed by atoms with Crippen LogP contribution in [0, 0.1) is 0 Å². The number of benzene rings is 2. The first-order valence-corrected chi connectivity index (χ1v) is 5.73. The van der Waals surface area contributed by atoms with Gasteiger partial charge in [-0.25, -0.2) is 0 Å². The Kier molecular flexibility index (Phi) is 2.74. The molecule has 0 aliphatic rings. The third-order valence-corrected chi connectivity index (χ3v) is 2.77. The van der Waals surface area contributed by atoms with Crippen molar-refractivity contribution in [1.82, 2.24) is 0 Å². The van der Waals surface area contributed by atoms with Crippen LogP contribution in [-0.2, 0) is 4.79 Å². The summed E-state index contributed by atoms with van der Waals surface area (Å²) in [6, 6.07) is 14.3. The third-order valence-electron chi connectivity index (χ3n) is 2.77. The van der Waals surface area contributed by atoms with Crippen molar-refractivity contribution in [2.24, 2.45) is 0 Å². The molecule has 96 valence electrons. The van der Waals surface area contributed by atoms with Gasteiger partial charge in [0.2, 0.25) is 0 Å². The van der Waals surface area contributed by atoms with Gasteiger partial charge in [0.25, 0.3) is 0 Å². The van der Waals surface area contributed by atoms with E-state index in [0.29, 0.717) is 5.56 Å². The summed E-state index contributed by atoms with van der Waals surface area (Å²) in [5.74, 6) is -3.38. The van der Waals surface area contributed by atoms with Crippen molar-refractivity contribution in [3.8, 4) is 0 Å². The molecule has 0 heterocycles. The van der Waals surface area contributed by atoms with E-state index >= 15 is 0 Å². The molecule has 0 aromatic heterocycles. The van der Waals surface area contributed by atoms with E-state index in [1.165, 1.54) is 24.3 Å². The predicted octanol–water partition coefficient (Wildman–Crippen LogP) is 3.11. The standard InChI is InChI=1S/C16H14O3/c1-11(16(18)19)13-8-5-9-14(10-13)15(17)12-6-3-2-4-7-12/h2-11H,1H3,(H,18,19)/i1+1D3. The maximum absolute atomic E-state index is 12.4. The first-order valence-electron chi connectivity index (χ1n) is 7.23. The van der Waals surface area contributed by atoms with Crippen LogP contribution in [0.3, 0.4) is 0 Å². The van der Waals surface area contributed by atoms with Gasteiger partial charge in [-0.1, -0.05) is 48.5 Å². The van der Waals surface area contributed by atoms with Gasteiger partial charge in [0.1, 0.15) is 0 Å². The molecule has 1 atom stereocenters. The molecular weight excluding hydrogens is 241 g/mol. The molecule has 2 aromatic carbocycles. The van der Waals surface area contributed by atoms with Crippen LogP contribution in [0.1, 0.15) is 38.4 Å². The summed E-state index contributed by atoms with van der Waals surface area (Å²) in [5.41, 5.74) is 0.814. The highest BCUT2D eigenvalue weighted by molar-refractivity contribution is 6.09. The van der Waals surface area contributed by atoms with Crippen LogP contribution in [-0.4, -0.2) is 16.9 Å². The van der Waals surface area contributed by atoms with Crippen molar-refractivity contribution in [3.05, 3.63) is 71.3 Å². The van der Waals surface area contributed by atoms with Gasteiger partial charge < -0.3 is 5.11 Å². The SMILES string of the molecule is [2H][13C]([2H])([2H])C(C(=O)O)c1cccc(C(=O)c2ccccc2)c1. The molecule has 0 spiro atoms. The number of carboxylic acid groups (broad SMARTS) is 1. The fourth-order valence-electron chi connectivity index (χ4n) is 1.76. The fourth-order valence-corrected chi connectivity index (χ4v) is 1.76. The number of ketones is 1. The zero-order chi connectivity index (χ0) is 16.3. The molecule has 2 rings (SSSR count). The average molecular weight is 258 g/mol. The van der Waals surface area contributed by atoms with Crippen LogP contribution < -0.4 is 0 Å². The van der Waals surface area contributed by atoms with Crippen LogP contribution in [0.25, 0.3) is 0 Å². The Bertz CT molecular complexity index is 693. The van der Waals surface area contributed by atoms with Gasteiger partial charge in [0, 0.05) is 15.2 Å². The molecule has 0 fully saturated rings. The Hall–Kier alpha value is -2.42. The smallest absolute Gasteiger partial charge is 0.310 e. The lowest BCUT2D eigenvalue weighted by molar-refractivity contribution is -0.138. The van der Waals surface area contributed by atoms with Crippen LogP contribution in [0.5, 0.6) is 0 Å². The van der Waals surface area contributed by atoms with Crippen molar-refractivity contribution in [2.75, 3.05) is 0 Å². The highest BCUT2D eigenvalue weighted by Crippen LogP contribution is 2.18. The largest absolute Gasteiger partial charge is 0.481 e. The number of hydrogen-bond acceptors (Lipinski definition) is 2. The first-order chi connectivity index (χ1) is 10.3. The molecule has 3 nitrogen and oxygen atoms in total. The molecule has 0 bridgehead atoms. The predicted molar refractivity (Wildman–Crippen MR) is 72.4 cm³/mol. The van der Waals surface area contributed by atoms with E-state index in [1.54, 1.807) is 30.3 Å². The Balaban J connectivity index is 2.42. The molecule has 0 aliphatic heterocycles. The summed E-state index contributed by atoms with van der Waals surface area (Å²) in [4.78, 5) is 23.6. The number of aliphatic carboxylic acids is 1. The summed E-state index contributed by atoms with van der Waals surface area (Å²) >= 11 is 0. The lowest BCUT2D eigenvalue weighted by Gasteiger charge is -2.08. The Morgan fingerprint density at radius 1 is 1.05 bits per heavy atom. The van der Waals surface area contributed by atoms with Gasteiger partial charge in [-0.3, -0.25) is 9.59 Å². The molecule has 0 radical (unpaired) electrons. The first kappa shape index (κ1) is 9.50. The number of rotatable bonds is 4. The maximum atomic E-state index is 12.4. The zero-order valence-electron chi connectivity index (χ0n) is 13.0. The summed E-state index contributed by atoms with van der Waals surface area (Å²) < 4.78 is 22.1. The summed E-state index contributed by atoms with van der Waals surface area (Å²) in [5, 5.41) is 9.16. The van der Waals surface area contributed by atoms with E-state index in [0.717, 1.165) is 0 Å². The minimum Gasteiger partial charge on any atom is -0.481 e. The average Bonchev–Trinajstić information content (AvgIpc) is 2.46. The second-order valence-corrected chi connectivity index (χ2v) is 4.09. The van der Waals surface area contributed by atoms with E-state index < -0.39 is 18.7 Å². The van der Waals surface area contributed by atoms with Gasteiger partial charge in [-0.15, -0.1) is 0 Å². The van der Waals surface area contributed by atoms with Crippen LogP contribution >= 0.6 is 0 Å². The van der Waals surface area contributed by atoms with Crippen molar-refractivity contribution >= 4 is 11.8 Å². The number of carboxylic acids is 1. The van der Waals surface area contributed by atoms with Crippen molar-refractivity contribution < 1.29 is 18.8 Å². The highest BCUT2D eigenvalue weighted by atomic mass is 16.4. The van der Waals surface area contributed by atoms with E-state index in [9.17, 15) is 9.59 Å². The van der Waals surface area contributed by atoms with Gasteiger partial charge >= 0.3 is 5.97 Å². The molecule has 2 aromatic rings. The molecule has 0 amide bonds. The fraction of sp³-hybridized carbons (Fsp3) is 0.125. The van der Waals surface area contributed by atoms with Crippen molar-refractivity contribution in [2.45, 2.75) is 12.8 Å². The molecule has 1 N–H and O–H groups in total. The third kappa shape index (κ3) is 2.88. The zero-order valence-corrected chi connectivity index (χ0v) is 10.0. The Morgan fingerprint density at radius 3 is 2.37 bits per heavy atom. The molecule has 19 heavy (non-hydrogen) atoms. The van der Waals surface area contributed by atoms with Gasteiger partial charge in [0.15, 0.2) is 5.78 Å². The molecule has 0 saturated heterocycles. The summed E-state index contributed by atoms with van der Waals surface area (Å²) in [6.07, 6.45) is 0. The van der Waals surface area contributed by atoms with Crippen molar-refractivity contribution in [1.29, 1.82) is 0 Å². The second-order valence-electron chi connectivity index (χ2n) is 4.09. The van der Waals surface area contributed by atoms with E-state index in [1.807, 2.05) is 0 Å². The van der Waals surface area contributed by atoms with E-state index in [2.05, 4.69) is 0 Å². The highest BCUT2D eigenvalue weighted by Gasteiger charge is 2.16. The quantitative estimate of drug-likeness (QED) is 0.677. The normalized spacial score (nSPS) is 14.8. The topological polar surface area (TPSA) is 54.4 Å². The number of carbonyl (C=O) groups excluding carboxylic acids is 1. The van der Waals surface area contributed by atoms with Gasteiger partial charge in [-0.05, 0) is 18.5 Å². The molecule has 0 aliphatic carbocycles. The van der Waals surface area contributed by atoms with E-state index in [4.69, 9.17) is 9.22 Å². The molecule has 3 heteroatoms.